The first-order chi connectivity index (χ1) is 8.36. The number of nitrogens with one attached hydrogen (secondary N) is 1. The first-order valence-electron chi connectivity index (χ1n) is 6.83. The van der Waals surface area contributed by atoms with Crippen molar-refractivity contribution in [3.63, 3.8) is 0 Å². The van der Waals surface area contributed by atoms with Gasteiger partial charge in [-0.05, 0) is 24.5 Å². The van der Waals surface area contributed by atoms with Crippen molar-refractivity contribution in [2.75, 3.05) is 0 Å². The Balaban J connectivity index is 1.82. The minimum atomic E-state index is 0.687. The summed E-state index contributed by atoms with van der Waals surface area (Å²) in [6.45, 7) is 0.907. The summed E-state index contributed by atoms with van der Waals surface area (Å²) in [4.78, 5) is 0. The molecule has 0 saturated heterocycles. The highest BCUT2D eigenvalue weighted by atomic mass is 35.5. The van der Waals surface area contributed by atoms with E-state index < -0.39 is 0 Å². The first-order valence-corrected chi connectivity index (χ1v) is 7.21. The van der Waals surface area contributed by atoms with Crippen molar-refractivity contribution in [3.05, 3.63) is 34.9 Å². The molecule has 1 aromatic carbocycles. The molecule has 1 N–H and O–H groups in total. The average molecular weight is 252 g/mol. The molecule has 17 heavy (non-hydrogen) atoms. The number of benzene rings is 1. The van der Waals surface area contributed by atoms with Crippen LogP contribution in [0.25, 0.3) is 0 Å². The van der Waals surface area contributed by atoms with E-state index in [2.05, 4.69) is 17.4 Å². The number of hydrogen-bond acceptors (Lipinski definition) is 1. The van der Waals surface area contributed by atoms with Crippen molar-refractivity contribution in [2.24, 2.45) is 0 Å². The Morgan fingerprint density at radius 2 is 1.65 bits per heavy atom. The first kappa shape index (κ1) is 12.9. The molecule has 1 nitrogen and oxygen atoms in total. The lowest BCUT2D eigenvalue weighted by Gasteiger charge is -2.21. The summed E-state index contributed by atoms with van der Waals surface area (Å²) < 4.78 is 0. The summed E-state index contributed by atoms with van der Waals surface area (Å²) in [5.41, 5.74) is 1.22. The minimum Gasteiger partial charge on any atom is -0.310 e. The third-order valence-electron chi connectivity index (χ3n) is 3.64. The SMILES string of the molecule is Clc1ccccc1CNC1CCCCCCC1. The zero-order valence-corrected chi connectivity index (χ0v) is 11.2. The summed E-state index contributed by atoms with van der Waals surface area (Å²) in [6.07, 6.45) is 9.64. The van der Waals surface area contributed by atoms with E-state index in [0.29, 0.717) is 6.04 Å². The fourth-order valence-electron chi connectivity index (χ4n) is 2.56. The molecule has 2 heteroatoms. The van der Waals surface area contributed by atoms with E-state index in [9.17, 15) is 0 Å². The van der Waals surface area contributed by atoms with Crippen molar-refractivity contribution < 1.29 is 0 Å². The lowest BCUT2D eigenvalue weighted by atomic mass is 9.96. The summed E-state index contributed by atoms with van der Waals surface area (Å²) in [7, 11) is 0. The van der Waals surface area contributed by atoms with Crippen LogP contribution in [0.5, 0.6) is 0 Å². The highest BCUT2D eigenvalue weighted by Crippen LogP contribution is 2.19. The van der Waals surface area contributed by atoms with Gasteiger partial charge in [0, 0.05) is 17.6 Å². The van der Waals surface area contributed by atoms with Crippen molar-refractivity contribution >= 4 is 11.6 Å². The normalized spacial score (nSPS) is 18.6. The minimum absolute atomic E-state index is 0.687. The van der Waals surface area contributed by atoms with E-state index in [1.165, 1.54) is 50.5 Å². The molecular weight excluding hydrogens is 230 g/mol. The summed E-state index contributed by atoms with van der Waals surface area (Å²) in [5.74, 6) is 0. The molecule has 1 aliphatic rings. The summed E-state index contributed by atoms with van der Waals surface area (Å²) >= 11 is 6.16. The molecule has 0 bridgehead atoms. The van der Waals surface area contributed by atoms with E-state index in [1.54, 1.807) is 0 Å². The van der Waals surface area contributed by atoms with E-state index >= 15 is 0 Å². The maximum Gasteiger partial charge on any atom is 0.0450 e. The Morgan fingerprint density at radius 1 is 1.00 bits per heavy atom. The van der Waals surface area contributed by atoms with Gasteiger partial charge >= 0.3 is 0 Å². The van der Waals surface area contributed by atoms with Gasteiger partial charge in [0.05, 0.1) is 0 Å². The number of halogens is 1. The maximum absolute atomic E-state index is 6.16. The molecule has 0 unspecified atom stereocenters. The summed E-state index contributed by atoms with van der Waals surface area (Å²) in [6, 6.07) is 8.81. The quantitative estimate of drug-likeness (QED) is 0.832. The van der Waals surface area contributed by atoms with E-state index in [0.717, 1.165) is 11.6 Å². The lowest BCUT2D eigenvalue weighted by Crippen LogP contribution is -2.29. The molecule has 0 spiro atoms. The van der Waals surface area contributed by atoms with E-state index in [4.69, 9.17) is 11.6 Å². The second-order valence-corrected chi connectivity index (χ2v) is 5.42. The van der Waals surface area contributed by atoms with Crippen LogP contribution in [0.15, 0.2) is 24.3 Å². The van der Waals surface area contributed by atoms with Crippen molar-refractivity contribution in [1.82, 2.24) is 5.32 Å². The maximum atomic E-state index is 6.16. The largest absolute Gasteiger partial charge is 0.310 e. The predicted molar refractivity (Wildman–Crippen MR) is 74.4 cm³/mol. The predicted octanol–water partition coefficient (Wildman–Crippen LogP) is 4.54. The fourth-order valence-corrected chi connectivity index (χ4v) is 2.76. The molecule has 0 amide bonds. The van der Waals surface area contributed by atoms with Crippen LogP contribution in [-0.2, 0) is 6.54 Å². The monoisotopic (exact) mass is 251 g/mol. The highest BCUT2D eigenvalue weighted by Gasteiger charge is 2.10. The second kappa shape index (κ2) is 7.03. The van der Waals surface area contributed by atoms with Gasteiger partial charge in [-0.1, -0.05) is 61.9 Å². The molecule has 0 aromatic heterocycles. The van der Waals surface area contributed by atoms with Crippen LogP contribution < -0.4 is 5.32 Å². The van der Waals surface area contributed by atoms with Crippen LogP contribution >= 0.6 is 11.6 Å². The lowest BCUT2D eigenvalue weighted by molar-refractivity contribution is 0.389. The molecule has 1 saturated carbocycles. The molecule has 0 aliphatic heterocycles. The van der Waals surface area contributed by atoms with Crippen LogP contribution in [-0.4, -0.2) is 6.04 Å². The van der Waals surface area contributed by atoms with E-state index in [-0.39, 0.29) is 0 Å². The third kappa shape index (κ3) is 4.33. The van der Waals surface area contributed by atoms with Gasteiger partial charge in [0.25, 0.3) is 0 Å². The van der Waals surface area contributed by atoms with Gasteiger partial charge in [0.2, 0.25) is 0 Å². The van der Waals surface area contributed by atoms with Crippen molar-refractivity contribution in [3.8, 4) is 0 Å². The molecule has 0 atom stereocenters. The van der Waals surface area contributed by atoms with Gasteiger partial charge in [-0.15, -0.1) is 0 Å². The molecule has 0 radical (unpaired) electrons. The van der Waals surface area contributed by atoms with Crippen LogP contribution in [0, 0.1) is 0 Å². The summed E-state index contributed by atoms with van der Waals surface area (Å²) in [5, 5.41) is 4.54. The van der Waals surface area contributed by atoms with Crippen molar-refractivity contribution in [1.29, 1.82) is 0 Å². The molecule has 94 valence electrons. The smallest absolute Gasteiger partial charge is 0.0450 e. The van der Waals surface area contributed by atoms with E-state index in [1.807, 2.05) is 12.1 Å². The standard InChI is InChI=1S/C15H22ClN/c16-15-11-7-6-8-13(15)12-17-14-9-4-2-1-3-5-10-14/h6-8,11,14,17H,1-5,9-10,12H2. The zero-order chi connectivity index (χ0) is 11.9. The van der Waals surface area contributed by atoms with Crippen LogP contribution in [0.3, 0.4) is 0 Å². The fraction of sp³-hybridized carbons (Fsp3) is 0.600. The molecule has 2 rings (SSSR count). The van der Waals surface area contributed by atoms with Gasteiger partial charge in [-0.25, -0.2) is 0 Å². The average Bonchev–Trinajstić information content (AvgIpc) is 2.29. The molecule has 0 heterocycles. The Morgan fingerprint density at radius 3 is 2.35 bits per heavy atom. The van der Waals surface area contributed by atoms with Gasteiger partial charge in [0.1, 0.15) is 0 Å². The van der Waals surface area contributed by atoms with Gasteiger partial charge in [0.15, 0.2) is 0 Å². The molecule has 1 aliphatic carbocycles. The van der Waals surface area contributed by atoms with Gasteiger partial charge < -0.3 is 5.32 Å². The van der Waals surface area contributed by atoms with Crippen molar-refractivity contribution in [2.45, 2.75) is 57.5 Å². The topological polar surface area (TPSA) is 12.0 Å². The van der Waals surface area contributed by atoms with Crippen LogP contribution in [0.2, 0.25) is 5.02 Å². The van der Waals surface area contributed by atoms with Gasteiger partial charge in [-0.2, -0.15) is 0 Å². The molecular formula is C15H22ClN. The Bertz CT molecular complexity index is 329. The van der Waals surface area contributed by atoms with Crippen LogP contribution in [0.4, 0.5) is 0 Å². The number of rotatable bonds is 3. The van der Waals surface area contributed by atoms with Crippen LogP contribution in [0.1, 0.15) is 50.5 Å². The zero-order valence-electron chi connectivity index (χ0n) is 10.4. The third-order valence-corrected chi connectivity index (χ3v) is 4.01. The highest BCUT2D eigenvalue weighted by molar-refractivity contribution is 6.31. The Labute approximate surface area is 110 Å². The van der Waals surface area contributed by atoms with Gasteiger partial charge in [-0.3, -0.25) is 0 Å². The second-order valence-electron chi connectivity index (χ2n) is 5.01. The Hall–Kier alpha value is -0.530. The molecule has 1 fully saturated rings. The Kier molecular flexibility index (Phi) is 5.34. The molecule has 1 aromatic rings. The number of hydrogen-bond donors (Lipinski definition) is 1.